The molecule has 2 aromatic rings. The monoisotopic (exact) mass is 416 g/mol. The molecule has 0 bridgehead atoms. The van der Waals surface area contributed by atoms with Crippen LogP contribution in [-0.2, 0) is 11.4 Å². The molecular formula is C21H21ClN2O3S. The number of nitrogens with zero attached hydrogens (tertiary/aromatic N) is 1. The van der Waals surface area contributed by atoms with E-state index in [1.165, 1.54) is 0 Å². The van der Waals surface area contributed by atoms with E-state index >= 15 is 0 Å². The Morgan fingerprint density at radius 2 is 1.93 bits per heavy atom. The molecular weight excluding hydrogens is 396 g/mol. The number of benzene rings is 2. The van der Waals surface area contributed by atoms with Gasteiger partial charge in [-0.05, 0) is 60.1 Å². The summed E-state index contributed by atoms with van der Waals surface area (Å²) < 4.78 is 11.3. The zero-order valence-electron chi connectivity index (χ0n) is 15.7. The van der Waals surface area contributed by atoms with Crippen LogP contribution in [0.25, 0.3) is 6.08 Å². The maximum absolute atomic E-state index is 12.5. The normalized spacial score (nSPS) is 15.1. The van der Waals surface area contributed by atoms with Gasteiger partial charge in [-0.25, -0.2) is 0 Å². The average Bonchev–Trinajstić information content (AvgIpc) is 2.96. The molecule has 0 atom stereocenters. The van der Waals surface area contributed by atoms with E-state index in [2.05, 4.69) is 5.32 Å². The number of nitrogens with one attached hydrogen (secondary N) is 1. The van der Waals surface area contributed by atoms with Gasteiger partial charge in [-0.15, -0.1) is 0 Å². The minimum absolute atomic E-state index is 0.117. The second-order valence-electron chi connectivity index (χ2n) is 6.27. The molecule has 0 saturated carbocycles. The number of thiocarbonyl (C=S) groups is 1. The minimum Gasteiger partial charge on any atom is -0.493 e. The molecule has 1 aliphatic rings. The molecule has 5 nitrogen and oxygen atoms in total. The highest BCUT2D eigenvalue weighted by Crippen LogP contribution is 2.30. The fourth-order valence-electron chi connectivity index (χ4n) is 2.80. The molecule has 0 aliphatic carbocycles. The van der Waals surface area contributed by atoms with Crippen LogP contribution in [0.4, 0.5) is 0 Å². The summed E-state index contributed by atoms with van der Waals surface area (Å²) in [4.78, 5) is 14.0. The first-order valence-corrected chi connectivity index (χ1v) is 9.70. The van der Waals surface area contributed by atoms with Crippen molar-refractivity contribution in [1.29, 1.82) is 0 Å². The molecule has 146 valence electrons. The van der Waals surface area contributed by atoms with Crippen molar-refractivity contribution in [2.75, 3.05) is 13.7 Å². The standard InChI is InChI=1S/C21H21ClN2O3S/c1-3-10-24-20(25)17(23-21(24)28)11-15-6-9-18(19(12-15)26-2)27-13-14-4-7-16(22)8-5-14/h4-9,11-12H,3,10,13H2,1-2H3,(H,23,28). The van der Waals surface area contributed by atoms with Gasteiger partial charge in [-0.2, -0.15) is 0 Å². The van der Waals surface area contributed by atoms with Crippen molar-refractivity contribution in [2.45, 2.75) is 20.0 Å². The molecule has 3 rings (SSSR count). The van der Waals surface area contributed by atoms with Crippen LogP contribution in [0.2, 0.25) is 5.02 Å². The predicted molar refractivity (Wildman–Crippen MR) is 114 cm³/mol. The molecule has 7 heteroatoms. The molecule has 1 amide bonds. The lowest BCUT2D eigenvalue weighted by molar-refractivity contribution is -0.122. The molecule has 2 aromatic carbocycles. The zero-order valence-corrected chi connectivity index (χ0v) is 17.3. The summed E-state index contributed by atoms with van der Waals surface area (Å²) >= 11 is 11.1. The third-order valence-electron chi connectivity index (χ3n) is 4.22. The van der Waals surface area contributed by atoms with Crippen molar-refractivity contribution in [2.24, 2.45) is 0 Å². The van der Waals surface area contributed by atoms with Crippen molar-refractivity contribution >= 4 is 40.9 Å². The number of rotatable bonds is 7. The Balaban J connectivity index is 1.75. The second kappa shape index (κ2) is 9.08. The third kappa shape index (κ3) is 4.64. The molecule has 0 spiro atoms. The second-order valence-corrected chi connectivity index (χ2v) is 7.09. The molecule has 28 heavy (non-hydrogen) atoms. The predicted octanol–water partition coefficient (Wildman–Crippen LogP) is 4.40. The van der Waals surface area contributed by atoms with Gasteiger partial charge in [0.05, 0.1) is 7.11 Å². The van der Waals surface area contributed by atoms with Crippen molar-refractivity contribution in [3.8, 4) is 11.5 Å². The van der Waals surface area contributed by atoms with E-state index in [1.807, 2.05) is 49.4 Å². The van der Waals surface area contributed by atoms with Crippen LogP contribution in [-0.4, -0.2) is 29.6 Å². The van der Waals surface area contributed by atoms with E-state index < -0.39 is 0 Å². The fraction of sp³-hybridized carbons (Fsp3) is 0.238. The third-order valence-corrected chi connectivity index (χ3v) is 4.79. The van der Waals surface area contributed by atoms with Gasteiger partial charge in [0.25, 0.3) is 5.91 Å². The van der Waals surface area contributed by atoms with E-state index in [-0.39, 0.29) is 5.91 Å². The van der Waals surface area contributed by atoms with Gasteiger partial charge in [0.1, 0.15) is 12.3 Å². The number of ether oxygens (including phenoxy) is 2. The van der Waals surface area contributed by atoms with Crippen LogP contribution in [0.3, 0.4) is 0 Å². The maximum atomic E-state index is 12.5. The highest BCUT2D eigenvalue weighted by Gasteiger charge is 2.29. The first-order valence-electron chi connectivity index (χ1n) is 8.91. The number of methoxy groups -OCH3 is 1. The Morgan fingerprint density at radius 3 is 2.61 bits per heavy atom. The largest absolute Gasteiger partial charge is 0.493 e. The smallest absolute Gasteiger partial charge is 0.276 e. The topological polar surface area (TPSA) is 50.8 Å². The van der Waals surface area contributed by atoms with Gasteiger partial charge >= 0.3 is 0 Å². The molecule has 1 N–H and O–H groups in total. The number of hydrogen-bond acceptors (Lipinski definition) is 4. The molecule has 1 saturated heterocycles. The van der Waals surface area contributed by atoms with Gasteiger partial charge in [-0.1, -0.05) is 36.7 Å². The Labute approximate surface area is 174 Å². The van der Waals surface area contributed by atoms with E-state index in [1.54, 1.807) is 18.1 Å². The lowest BCUT2D eigenvalue weighted by Gasteiger charge is -2.12. The Hall–Kier alpha value is -2.57. The fourth-order valence-corrected chi connectivity index (χ4v) is 3.21. The lowest BCUT2D eigenvalue weighted by atomic mass is 10.1. The van der Waals surface area contributed by atoms with Gasteiger partial charge in [-0.3, -0.25) is 9.69 Å². The maximum Gasteiger partial charge on any atom is 0.276 e. The van der Waals surface area contributed by atoms with Crippen molar-refractivity contribution in [3.05, 3.63) is 64.3 Å². The van der Waals surface area contributed by atoms with Crippen molar-refractivity contribution < 1.29 is 14.3 Å². The van der Waals surface area contributed by atoms with E-state index in [0.717, 1.165) is 17.5 Å². The van der Waals surface area contributed by atoms with Crippen LogP contribution in [0, 0.1) is 0 Å². The summed E-state index contributed by atoms with van der Waals surface area (Å²) in [5, 5.41) is 4.10. The summed E-state index contributed by atoms with van der Waals surface area (Å²) in [5.41, 5.74) is 2.27. The number of carbonyl (C=O) groups is 1. The molecule has 0 unspecified atom stereocenters. The van der Waals surface area contributed by atoms with Gasteiger partial charge < -0.3 is 14.8 Å². The van der Waals surface area contributed by atoms with E-state index in [0.29, 0.717) is 40.5 Å². The number of halogens is 1. The Bertz CT molecular complexity index is 912. The summed E-state index contributed by atoms with van der Waals surface area (Å²) in [6.45, 7) is 3.00. The van der Waals surface area contributed by atoms with Gasteiger partial charge in [0.2, 0.25) is 0 Å². The molecule has 0 aromatic heterocycles. The lowest BCUT2D eigenvalue weighted by Crippen LogP contribution is -2.31. The van der Waals surface area contributed by atoms with Crippen molar-refractivity contribution in [3.63, 3.8) is 0 Å². The van der Waals surface area contributed by atoms with E-state index in [4.69, 9.17) is 33.3 Å². The highest BCUT2D eigenvalue weighted by molar-refractivity contribution is 7.80. The Morgan fingerprint density at radius 1 is 1.18 bits per heavy atom. The van der Waals surface area contributed by atoms with E-state index in [9.17, 15) is 4.79 Å². The summed E-state index contributed by atoms with van der Waals surface area (Å²) in [7, 11) is 1.58. The number of carbonyl (C=O) groups excluding carboxylic acids is 1. The highest BCUT2D eigenvalue weighted by atomic mass is 35.5. The summed E-state index contributed by atoms with van der Waals surface area (Å²) in [6.07, 6.45) is 2.60. The van der Waals surface area contributed by atoms with Crippen molar-refractivity contribution in [1.82, 2.24) is 10.2 Å². The van der Waals surface area contributed by atoms with Gasteiger partial charge in [0, 0.05) is 11.6 Å². The quantitative estimate of drug-likeness (QED) is 0.535. The summed E-state index contributed by atoms with van der Waals surface area (Å²) in [6, 6.07) is 13.0. The molecule has 1 fully saturated rings. The van der Waals surface area contributed by atoms with Crippen LogP contribution >= 0.6 is 23.8 Å². The number of hydrogen-bond donors (Lipinski definition) is 1. The first-order chi connectivity index (χ1) is 13.5. The van der Waals surface area contributed by atoms with Crippen LogP contribution in [0.15, 0.2) is 48.2 Å². The molecule has 0 radical (unpaired) electrons. The van der Waals surface area contributed by atoms with Crippen LogP contribution in [0.5, 0.6) is 11.5 Å². The SMILES string of the molecule is CCCN1C(=O)C(=Cc2ccc(OCc3ccc(Cl)cc3)c(OC)c2)NC1=S. The molecule has 1 aliphatic heterocycles. The zero-order chi connectivity index (χ0) is 20.1. The van der Waals surface area contributed by atoms with Gasteiger partial charge in [0.15, 0.2) is 16.6 Å². The van der Waals surface area contributed by atoms with Crippen LogP contribution in [0.1, 0.15) is 24.5 Å². The Kier molecular flexibility index (Phi) is 6.54. The molecule has 1 heterocycles. The number of amides is 1. The minimum atomic E-state index is -0.117. The van der Waals surface area contributed by atoms with Crippen LogP contribution < -0.4 is 14.8 Å². The first kappa shape index (κ1) is 20.2. The summed E-state index contributed by atoms with van der Waals surface area (Å²) in [5.74, 6) is 1.09. The average molecular weight is 417 g/mol.